The molecule has 0 bridgehead atoms. The highest BCUT2D eigenvalue weighted by atomic mass is 16.5. The highest BCUT2D eigenvalue weighted by Gasteiger charge is 2.27. The molecular formula is C18H23N5O3. The Kier molecular flexibility index (Phi) is 5.50. The van der Waals surface area contributed by atoms with Crippen molar-refractivity contribution in [2.24, 2.45) is 0 Å². The maximum absolute atomic E-state index is 11.2. The number of anilines is 1. The highest BCUT2D eigenvalue weighted by molar-refractivity contribution is 5.72. The number of carbonyl (C=O) groups excluding carboxylic acids is 1. The third-order valence-electron chi connectivity index (χ3n) is 4.15. The summed E-state index contributed by atoms with van der Waals surface area (Å²) in [5.74, 6) is 1.82. The molecule has 1 saturated heterocycles. The molecule has 8 nitrogen and oxygen atoms in total. The molecule has 0 saturated carbocycles. The summed E-state index contributed by atoms with van der Waals surface area (Å²) in [6.45, 7) is 5.32. The van der Waals surface area contributed by atoms with Crippen LogP contribution >= 0.6 is 0 Å². The van der Waals surface area contributed by atoms with Gasteiger partial charge in [-0.05, 0) is 13.0 Å². The summed E-state index contributed by atoms with van der Waals surface area (Å²) in [5.41, 5.74) is 1.77. The van der Waals surface area contributed by atoms with E-state index in [-0.39, 0.29) is 12.0 Å². The topological polar surface area (TPSA) is 89.5 Å². The van der Waals surface area contributed by atoms with Crippen LogP contribution in [0.25, 0.3) is 0 Å². The van der Waals surface area contributed by atoms with Crippen molar-refractivity contribution >= 4 is 11.9 Å². The molecule has 3 heterocycles. The summed E-state index contributed by atoms with van der Waals surface area (Å²) < 4.78 is 11.4. The van der Waals surface area contributed by atoms with E-state index in [9.17, 15) is 4.79 Å². The van der Waals surface area contributed by atoms with Crippen molar-refractivity contribution in [3.63, 3.8) is 0 Å². The average Bonchev–Trinajstić information content (AvgIpc) is 3.09. The Bertz CT molecular complexity index is 783. The van der Waals surface area contributed by atoms with E-state index in [2.05, 4.69) is 25.2 Å². The monoisotopic (exact) mass is 357 g/mol. The summed E-state index contributed by atoms with van der Waals surface area (Å²) in [5, 5.41) is 2.79. The van der Waals surface area contributed by atoms with Crippen molar-refractivity contribution < 1.29 is 14.3 Å². The molecule has 1 fully saturated rings. The molecule has 3 rings (SSSR count). The minimum atomic E-state index is -0.0784. The first-order chi connectivity index (χ1) is 12.5. The Labute approximate surface area is 152 Å². The molecule has 2 aromatic rings. The number of nitrogens with one attached hydrogen (secondary N) is 1. The second-order valence-electron chi connectivity index (χ2n) is 6.22. The van der Waals surface area contributed by atoms with E-state index in [1.165, 1.54) is 6.92 Å². The Hall–Kier alpha value is -2.90. The van der Waals surface area contributed by atoms with Gasteiger partial charge in [-0.15, -0.1) is 0 Å². The van der Waals surface area contributed by atoms with Crippen LogP contribution < -0.4 is 19.7 Å². The summed E-state index contributed by atoms with van der Waals surface area (Å²) in [7, 11) is 1.60. The lowest BCUT2D eigenvalue weighted by atomic mass is 10.2. The molecule has 2 aromatic heterocycles. The largest absolute Gasteiger partial charge is 0.487 e. The van der Waals surface area contributed by atoms with Gasteiger partial charge in [0.15, 0.2) is 0 Å². The van der Waals surface area contributed by atoms with Crippen LogP contribution in [0.5, 0.6) is 11.6 Å². The number of pyridine rings is 1. The van der Waals surface area contributed by atoms with Gasteiger partial charge >= 0.3 is 0 Å². The van der Waals surface area contributed by atoms with Crippen LogP contribution in [0.1, 0.15) is 24.6 Å². The lowest BCUT2D eigenvalue weighted by Gasteiger charge is -2.19. The fourth-order valence-corrected chi connectivity index (χ4v) is 2.84. The third kappa shape index (κ3) is 4.38. The summed E-state index contributed by atoms with van der Waals surface area (Å²) >= 11 is 0. The normalized spacial score (nSPS) is 16.4. The number of hydrogen-bond acceptors (Lipinski definition) is 7. The first kappa shape index (κ1) is 17.9. The molecule has 1 N–H and O–H groups in total. The van der Waals surface area contributed by atoms with Crippen molar-refractivity contribution in [1.82, 2.24) is 20.3 Å². The molecule has 0 unspecified atom stereocenters. The Morgan fingerprint density at radius 1 is 1.42 bits per heavy atom. The number of aromatic nitrogens is 3. The molecule has 0 spiro atoms. The molecule has 1 aliphatic rings. The van der Waals surface area contributed by atoms with Gasteiger partial charge in [-0.25, -0.2) is 4.98 Å². The van der Waals surface area contributed by atoms with Crippen LogP contribution in [0.2, 0.25) is 0 Å². The van der Waals surface area contributed by atoms with Crippen LogP contribution in [-0.2, 0) is 11.3 Å². The maximum atomic E-state index is 11.2. The zero-order valence-electron chi connectivity index (χ0n) is 15.2. The smallest absolute Gasteiger partial charge is 0.228 e. The van der Waals surface area contributed by atoms with Crippen LogP contribution in [0.4, 0.5) is 5.95 Å². The zero-order valence-corrected chi connectivity index (χ0v) is 15.2. The van der Waals surface area contributed by atoms with Gasteiger partial charge in [0.2, 0.25) is 17.7 Å². The summed E-state index contributed by atoms with van der Waals surface area (Å²) in [4.78, 5) is 26.3. The van der Waals surface area contributed by atoms with Gasteiger partial charge in [0, 0.05) is 50.0 Å². The van der Waals surface area contributed by atoms with Gasteiger partial charge in [0.1, 0.15) is 11.9 Å². The molecule has 8 heteroatoms. The molecule has 0 aromatic carbocycles. The van der Waals surface area contributed by atoms with Crippen LogP contribution in [0.3, 0.4) is 0 Å². The van der Waals surface area contributed by atoms with E-state index >= 15 is 0 Å². The average molecular weight is 357 g/mol. The number of hydrogen-bond donors (Lipinski definition) is 1. The zero-order chi connectivity index (χ0) is 18.5. The fraction of sp³-hybridized carbons (Fsp3) is 0.444. The van der Waals surface area contributed by atoms with Gasteiger partial charge in [-0.3, -0.25) is 9.78 Å². The maximum Gasteiger partial charge on any atom is 0.228 e. The van der Waals surface area contributed by atoms with E-state index in [4.69, 9.17) is 9.47 Å². The fourth-order valence-electron chi connectivity index (χ4n) is 2.84. The van der Waals surface area contributed by atoms with E-state index in [1.807, 2.05) is 13.0 Å². The molecule has 1 aliphatic heterocycles. The van der Waals surface area contributed by atoms with E-state index in [0.717, 1.165) is 24.2 Å². The quantitative estimate of drug-likeness (QED) is 0.837. The number of ether oxygens (including phenoxy) is 2. The SMILES string of the molecule is COc1cc(C)nc(N2CC[C@H](Oc3cnccc3CNC(C)=O)C2)n1. The number of amides is 1. The first-order valence-electron chi connectivity index (χ1n) is 8.53. The van der Waals surface area contributed by atoms with Gasteiger partial charge in [0.25, 0.3) is 0 Å². The van der Waals surface area contributed by atoms with Crippen molar-refractivity contribution in [2.45, 2.75) is 32.9 Å². The van der Waals surface area contributed by atoms with E-state index < -0.39 is 0 Å². The second kappa shape index (κ2) is 7.99. The van der Waals surface area contributed by atoms with E-state index in [0.29, 0.717) is 30.7 Å². The predicted molar refractivity (Wildman–Crippen MR) is 96.3 cm³/mol. The van der Waals surface area contributed by atoms with Crippen molar-refractivity contribution in [1.29, 1.82) is 0 Å². The lowest BCUT2D eigenvalue weighted by Crippen LogP contribution is -2.27. The molecule has 1 amide bonds. The molecule has 1 atom stereocenters. The highest BCUT2D eigenvalue weighted by Crippen LogP contribution is 2.24. The van der Waals surface area contributed by atoms with Gasteiger partial charge in [-0.1, -0.05) is 0 Å². The molecule has 138 valence electrons. The number of rotatable bonds is 6. The third-order valence-corrected chi connectivity index (χ3v) is 4.15. The van der Waals surface area contributed by atoms with Crippen molar-refractivity contribution in [3.05, 3.63) is 35.8 Å². The number of carbonyl (C=O) groups is 1. The van der Waals surface area contributed by atoms with Crippen molar-refractivity contribution in [2.75, 3.05) is 25.1 Å². The number of nitrogens with zero attached hydrogens (tertiary/aromatic N) is 4. The Morgan fingerprint density at radius 2 is 2.27 bits per heavy atom. The van der Waals surface area contributed by atoms with Crippen molar-refractivity contribution in [3.8, 4) is 11.6 Å². The predicted octanol–water partition coefficient (Wildman–Crippen LogP) is 1.48. The van der Waals surface area contributed by atoms with Gasteiger partial charge in [-0.2, -0.15) is 4.98 Å². The summed E-state index contributed by atoms with van der Waals surface area (Å²) in [6, 6.07) is 3.66. The number of methoxy groups -OCH3 is 1. The molecular weight excluding hydrogens is 334 g/mol. The standard InChI is InChI=1S/C18H23N5O3/c1-12-8-17(25-3)22-18(21-12)23-7-5-15(11-23)26-16-10-19-6-4-14(16)9-20-13(2)24/h4,6,8,10,15H,5,7,9,11H2,1-3H3,(H,20,24)/t15-/m0/s1. The minimum absolute atomic E-state index is 0.00499. The number of aryl methyl sites for hydroxylation is 1. The van der Waals surface area contributed by atoms with Crippen LogP contribution in [0.15, 0.2) is 24.5 Å². The van der Waals surface area contributed by atoms with E-state index in [1.54, 1.807) is 25.6 Å². The van der Waals surface area contributed by atoms with Crippen LogP contribution in [-0.4, -0.2) is 47.2 Å². The molecule has 26 heavy (non-hydrogen) atoms. The molecule has 0 aliphatic carbocycles. The van der Waals surface area contributed by atoms with Gasteiger partial charge in [0.05, 0.1) is 19.9 Å². The van der Waals surface area contributed by atoms with Gasteiger partial charge < -0.3 is 19.7 Å². The molecule has 0 radical (unpaired) electrons. The summed E-state index contributed by atoms with van der Waals surface area (Å²) in [6.07, 6.45) is 4.24. The Balaban J connectivity index is 1.67. The Morgan fingerprint density at radius 3 is 3.04 bits per heavy atom. The minimum Gasteiger partial charge on any atom is -0.487 e. The first-order valence-corrected chi connectivity index (χ1v) is 8.53. The van der Waals surface area contributed by atoms with Crippen LogP contribution in [0, 0.1) is 6.92 Å². The lowest BCUT2D eigenvalue weighted by molar-refractivity contribution is -0.119. The second-order valence-corrected chi connectivity index (χ2v) is 6.22.